The van der Waals surface area contributed by atoms with Crippen molar-refractivity contribution in [1.29, 1.82) is 0 Å². The molecule has 0 aromatic carbocycles. The smallest absolute Gasteiger partial charge is 0.297 e. The molecule has 0 bridgehead atoms. The minimum Gasteiger partial charge on any atom is -0.432 e. The van der Waals surface area contributed by atoms with Gasteiger partial charge in [0.15, 0.2) is 0 Å². The molecule has 4 nitrogen and oxygen atoms in total. The Labute approximate surface area is 103 Å². The van der Waals surface area contributed by atoms with Gasteiger partial charge in [-0.1, -0.05) is 18.6 Å². The van der Waals surface area contributed by atoms with E-state index in [2.05, 4.69) is 35.1 Å². The molecule has 4 heteroatoms. The van der Waals surface area contributed by atoms with Gasteiger partial charge >= 0.3 is 0 Å². The van der Waals surface area contributed by atoms with Gasteiger partial charge in [-0.05, 0) is 26.3 Å². The summed E-state index contributed by atoms with van der Waals surface area (Å²) in [5, 5.41) is 3.32. The van der Waals surface area contributed by atoms with Crippen LogP contribution in [0.25, 0.3) is 0 Å². The topological polar surface area (TPSA) is 41.3 Å². The van der Waals surface area contributed by atoms with E-state index < -0.39 is 0 Å². The van der Waals surface area contributed by atoms with Crippen LogP contribution < -0.4 is 10.2 Å². The number of hydrogen-bond acceptors (Lipinski definition) is 4. The Hall–Kier alpha value is -1.29. The Bertz CT molecular complexity index is 384. The molecule has 0 saturated heterocycles. The minimum absolute atomic E-state index is 0.755. The Morgan fingerprint density at radius 2 is 2.41 bits per heavy atom. The fourth-order valence-electron chi connectivity index (χ4n) is 1.99. The molecule has 2 rings (SSSR count). The monoisotopic (exact) mass is 235 g/mol. The standard InChI is InChI=1S/C13H21N3O/c1-3-6-14-8-12-10-17-13(15-12)16-7-4-5-11(2)9-16/h5,10,14H,3-4,6-9H2,1-2H3. The molecule has 1 aliphatic heterocycles. The van der Waals surface area contributed by atoms with Crippen molar-refractivity contribution < 1.29 is 4.42 Å². The maximum Gasteiger partial charge on any atom is 0.297 e. The normalized spacial score (nSPS) is 16.1. The lowest BCUT2D eigenvalue weighted by molar-refractivity contribution is 0.533. The number of nitrogens with zero attached hydrogens (tertiary/aromatic N) is 2. The molecule has 0 fully saturated rings. The summed E-state index contributed by atoms with van der Waals surface area (Å²) in [6, 6.07) is 0.755. The number of rotatable bonds is 5. The first-order valence-electron chi connectivity index (χ1n) is 6.35. The Kier molecular flexibility index (Phi) is 4.20. The largest absolute Gasteiger partial charge is 0.432 e. The van der Waals surface area contributed by atoms with E-state index in [1.165, 1.54) is 5.57 Å². The maximum absolute atomic E-state index is 5.53. The minimum atomic E-state index is 0.755. The highest BCUT2D eigenvalue weighted by molar-refractivity contribution is 5.32. The van der Waals surface area contributed by atoms with Crippen molar-refractivity contribution in [3.05, 3.63) is 23.6 Å². The second kappa shape index (κ2) is 5.87. The van der Waals surface area contributed by atoms with E-state index in [-0.39, 0.29) is 0 Å². The van der Waals surface area contributed by atoms with Crippen LogP contribution in [0.2, 0.25) is 0 Å². The van der Waals surface area contributed by atoms with E-state index >= 15 is 0 Å². The molecule has 0 atom stereocenters. The first-order chi connectivity index (χ1) is 8.29. The highest BCUT2D eigenvalue weighted by atomic mass is 16.4. The summed E-state index contributed by atoms with van der Waals surface area (Å²) < 4.78 is 5.53. The summed E-state index contributed by atoms with van der Waals surface area (Å²) in [5.74, 6) is 0. The van der Waals surface area contributed by atoms with Gasteiger partial charge in [-0.2, -0.15) is 4.98 Å². The quantitative estimate of drug-likeness (QED) is 0.628. The summed E-state index contributed by atoms with van der Waals surface area (Å²) in [6.07, 6.45) is 6.26. The van der Waals surface area contributed by atoms with Crippen molar-refractivity contribution in [2.45, 2.75) is 33.2 Å². The highest BCUT2D eigenvalue weighted by Gasteiger charge is 2.15. The van der Waals surface area contributed by atoms with Gasteiger partial charge in [-0.25, -0.2) is 0 Å². The highest BCUT2D eigenvalue weighted by Crippen LogP contribution is 2.18. The van der Waals surface area contributed by atoms with Gasteiger partial charge < -0.3 is 14.6 Å². The molecule has 0 saturated carbocycles. The maximum atomic E-state index is 5.53. The molecule has 1 aromatic heterocycles. The molecule has 1 aliphatic rings. The number of nitrogens with one attached hydrogen (secondary N) is 1. The van der Waals surface area contributed by atoms with Crippen molar-refractivity contribution in [2.24, 2.45) is 0 Å². The van der Waals surface area contributed by atoms with E-state index in [0.29, 0.717) is 0 Å². The zero-order chi connectivity index (χ0) is 12.1. The lowest BCUT2D eigenvalue weighted by atomic mass is 10.1. The third kappa shape index (κ3) is 3.33. The molecule has 0 aliphatic carbocycles. The zero-order valence-electron chi connectivity index (χ0n) is 10.7. The SMILES string of the molecule is CCCNCc1coc(N2CCC=C(C)C2)n1. The van der Waals surface area contributed by atoms with Gasteiger partial charge in [0.2, 0.25) is 0 Å². The van der Waals surface area contributed by atoms with Crippen molar-refractivity contribution in [3.8, 4) is 0 Å². The average molecular weight is 235 g/mol. The van der Waals surface area contributed by atoms with Crippen LogP contribution in [0.3, 0.4) is 0 Å². The molecule has 94 valence electrons. The van der Waals surface area contributed by atoms with Gasteiger partial charge in [0.1, 0.15) is 6.26 Å². The molecule has 17 heavy (non-hydrogen) atoms. The van der Waals surface area contributed by atoms with Crippen molar-refractivity contribution in [1.82, 2.24) is 10.3 Å². The van der Waals surface area contributed by atoms with Gasteiger partial charge in [0.05, 0.1) is 5.69 Å². The number of anilines is 1. The third-order valence-corrected chi connectivity index (χ3v) is 2.88. The van der Waals surface area contributed by atoms with E-state index in [1.54, 1.807) is 6.26 Å². The van der Waals surface area contributed by atoms with Gasteiger partial charge in [0, 0.05) is 19.6 Å². The van der Waals surface area contributed by atoms with Crippen LogP contribution in [-0.2, 0) is 6.54 Å². The number of hydrogen-bond donors (Lipinski definition) is 1. The van der Waals surface area contributed by atoms with Crippen LogP contribution in [0.4, 0.5) is 6.01 Å². The zero-order valence-corrected chi connectivity index (χ0v) is 10.7. The molecule has 1 aromatic rings. The Balaban J connectivity index is 1.91. The Morgan fingerprint density at radius 1 is 1.53 bits per heavy atom. The first kappa shape index (κ1) is 12.2. The lowest BCUT2D eigenvalue weighted by Gasteiger charge is -2.24. The lowest BCUT2D eigenvalue weighted by Crippen LogP contribution is -2.29. The second-order valence-electron chi connectivity index (χ2n) is 4.56. The van der Waals surface area contributed by atoms with Gasteiger partial charge in [0.25, 0.3) is 6.01 Å². The van der Waals surface area contributed by atoms with E-state index in [1.807, 2.05) is 0 Å². The van der Waals surface area contributed by atoms with Gasteiger partial charge in [-0.3, -0.25) is 0 Å². The molecule has 0 radical (unpaired) electrons. The van der Waals surface area contributed by atoms with Crippen LogP contribution in [0.15, 0.2) is 22.3 Å². The van der Waals surface area contributed by atoms with Gasteiger partial charge in [-0.15, -0.1) is 0 Å². The van der Waals surface area contributed by atoms with Crippen LogP contribution in [0.1, 0.15) is 32.4 Å². The molecule has 1 N–H and O–H groups in total. The predicted molar refractivity (Wildman–Crippen MR) is 69.1 cm³/mol. The molecule has 0 spiro atoms. The number of oxazole rings is 1. The summed E-state index contributed by atoms with van der Waals surface area (Å²) in [4.78, 5) is 6.70. The van der Waals surface area contributed by atoms with Crippen molar-refractivity contribution >= 4 is 6.01 Å². The molecular formula is C13H21N3O. The fourth-order valence-corrected chi connectivity index (χ4v) is 1.99. The second-order valence-corrected chi connectivity index (χ2v) is 4.56. The average Bonchev–Trinajstić information content (AvgIpc) is 2.78. The molecule has 0 amide bonds. The van der Waals surface area contributed by atoms with E-state index in [4.69, 9.17) is 4.42 Å². The Morgan fingerprint density at radius 3 is 3.18 bits per heavy atom. The fraction of sp³-hybridized carbons (Fsp3) is 0.615. The predicted octanol–water partition coefficient (Wildman–Crippen LogP) is 2.33. The summed E-state index contributed by atoms with van der Waals surface area (Å²) >= 11 is 0. The van der Waals surface area contributed by atoms with Crippen LogP contribution in [-0.4, -0.2) is 24.6 Å². The summed E-state index contributed by atoms with van der Waals surface area (Å²) in [6.45, 7) is 8.05. The van der Waals surface area contributed by atoms with E-state index in [0.717, 1.165) is 50.7 Å². The van der Waals surface area contributed by atoms with E-state index in [9.17, 15) is 0 Å². The summed E-state index contributed by atoms with van der Waals surface area (Å²) in [5.41, 5.74) is 2.38. The molecule has 2 heterocycles. The van der Waals surface area contributed by atoms with Crippen LogP contribution in [0.5, 0.6) is 0 Å². The molecule has 0 unspecified atom stereocenters. The van der Waals surface area contributed by atoms with Crippen molar-refractivity contribution in [3.63, 3.8) is 0 Å². The third-order valence-electron chi connectivity index (χ3n) is 2.88. The van der Waals surface area contributed by atoms with Crippen molar-refractivity contribution in [2.75, 3.05) is 24.5 Å². The van der Waals surface area contributed by atoms with Crippen LogP contribution >= 0.6 is 0 Å². The summed E-state index contributed by atoms with van der Waals surface area (Å²) in [7, 11) is 0. The molecular weight excluding hydrogens is 214 g/mol. The number of aromatic nitrogens is 1. The van der Waals surface area contributed by atoms with Crippen LogP contribution in [0, 0.1) is 0 Å². The first-order valence-corrected chi connectivity index (χ1v) is 6.35.